The number of pyridine rings is 1. The van der Waals surface area contributed by atoms with E-state index in [0.29, 0.717) is 5.75 Å². The third kappa shape index (κ3) is 2.55. The van der Waals surface area contributed by atoms with E-state index >= 15 is 0 Å². The van der Waals surface area contributed by atoms with Crippen molar-refractivity contribution in [1.82, 2.24) is 4.98 Å². The number of rotatable bonds is 3. The van der Waals surface area contributed by atoms with Gasteiger partial charge in [-0.15, -0.1) is 0 Å². The molecule has 1 atom stereocenters. The third-order valence-corrected chi connectivity index (χ3v) is 3.73. The zero-order chi connectivity index (χ0) is 11.4. The molecule has 2 rings (SSSR count). The van der Waals surface area contributed by atoms with Gasteiger partial charge < -0.3 is 0 Å². The molecule has 0 aliphatic carbocycles. The largest absolute Gasteiger partial charge is 0.260 e. The Morgan fingerprint density at radius 1 is 1.12 bits per heavy atom. The van der Waals surface area contributed by atoms with E-state index in [1.54, 1.807) is 6.20 Å². The van der Waals surface area contributed by atoms with E-state index in [9.17, 15) is 4.21 Å². The standard InChI is InChI=1S/C13H13NOS/c1-11-6-5-9-14-13(11)10-16(15)12-7-3-2-4-8-12/h2-9H,10H2,1H3. The molecule has 0 aliphatic rings. The normalized spacial score (nSPS) is 12.3. The van der Waals surface area contributed by atoms with E-state index in [-0.39, 0.29) is 0 Å². The summed E-state index contributed by atoms with van der Waals surface area (Å²) in [7, 11) is -1.01. The summed E-state index contributed by atoms with van der Waals surface area (Å²) in [6.07, 6.45) is 1.74. The van der Waals surface area contributed by atoms with Crippen LogP contribution in [0.5, 0.6) is 0 Å². The molecule has 2 aromatic rings. The Kier molecular flexibility index (Phi) is 3.47. The Balaban J connectivity index is 2.18. The summed E-state index contributed by atoms with van der Waals surface area (Å²) < 4.78 is 12.0. The number of hydrogen-bond donors (Lipinski definition) is 0. The number of nitrogens with zero attached hydrogens (tertiary/aromatic N) is 1. The van der Waals surface area contributed by atoms with Crippen molar-refractivity contribution in [1.29, 1.82) is 0 Å². The van der Waals surface area contributed by atoms with E-state index in [2.05, 4.69) is 4.98 Å². The smallest absolute Gasteiger partial charge is 0.0708 e. The minimum absolute atomic E-state index is 0.483. The first kappa shape index (κ1) is 11.0. The molecule has 0 amide bonds. The summed E-state index contributed by atoms with van der Waals surface area (Å²) in [5.74, 6) is 0.483. The lowest BCUT2D eigenvalue weighted by molar-refractivity contribution is 0.682. The lowest BCUT2D eigenvalue weighted by Crippen LogP contribution is -2.00. The van der Waals surface area contributed by atoms with Gasteiger partial charge in [-0.1, -0.05) is 24.3 Å². The van der Waals surface area contributed by atoms with Crippen molar-refractivity contribution < 1.29 is 4.21 Å². The van der Waals surface area contributed by atoms with Gasteiger partial charge in [0, 0.05) is 11.1 Å². The highest BCUT2D eigenvalue weighted by molar-refractivity contribution is 7.84. The lowest BCUT2D eigenvalue weighted by Gasteiger charge is -2.04. The van der Waals surface area contributed by atoms with Gasteiger partial charge in [0.05, 0.1) is 22.2 Å². The number of benzene rings is 1. The van der Waals surface area contributed by atoms with E-state index < -0.39 is 10.8 Å². The first-order chi connectivity index (χ1) is 7.77. The van der Waals surface area contributed by atoms with Crippen molar-refractivity contribution in [2.75, 3.05) is 0 Å². The molecular weight excluding hydrogens is 218 g/mol. The Bertz CT molecular complexity index is 496. The molecule has 2 nitrogen and oxygen atoms in total. The van der Waals surface area contributed by atoms with E-state index in [4.69, 9.17) is 0 Å². The predicted octanol–water partition coefficient (Wildman–Crippen LogP) is 2.70. The van der Waals surface area contributed by atoms with Crippen LogP contribution in [-0.2, 0) is 16.6 Å². The van der Waals surface area contributed by atoms with Crippen molar-refractivity contribution in [3.8, 4) is 0 Å². The maximum Gasteiger partial charge on any atom is 0.0708 e. The van der Waals surface area contributed by atoms with Crippen LogP contribution in [0.3, 0.4) is 0 Å². The fraction of sp³-hybridized carbons (Fsp3) is 0.154. The van der Waals surface area contributed by atoms with Gasteiger partial charge in [0.25, 0.3) is 0 Å². The van der Waals surface area contributed by atoms with E-state index in [1.807, 2.05) is 49.4 Å². The Hall–Kier alpha value is -1.48. The summed E-state index contributed by atoms with van der Waals surface area (Å²) >= 11 is 0. The SMILES string of the molecule is Cc1cccnc1CS(=O)c1ccccc1. The molecular formula is C13H13NOS. The molecule has 0 bridgehead atoms. The fourth-order valence-electron chi connectivity index (χ4n) is 1.45. The van der Waals surface area contributed by atoms with E-state index in [1.165, 1.54) is 0 Å². The molecule has 1 aromatic carbocycles. The molecule has 0 N–H and O–H groups in total. The van der Waals surface area contributed by atoms with Crippen molar-refractivity contribution >= 4 is 10.8 Å². The van der Waals surface area contributed by atoms with Crippen molar-refractivity contribution in [2.45, 2.75) is 17.6 Å². The van der Waals surface area contributed by atoms with Gasteiger partial charge >= 0.3 is 0 Å². The van der Waals surface area contributed by atoms with Crippen molar-refractivity contribution in [3.05, 3.63) is 59.9 Å². The first-order valence-corrected chi connectivity index (χ1v) is 6.43. The van der Waals surface area contributed by atoms with Gasteiger partial charge in [-0.25, -0.2) is 0 Å². The second kappa shape index (κ2) is 5.03. The van der Waals surface area contributed by atoms with Gasteiger partial charge in [-0.3, -0.25) is 9.19 Å². The lowest BCUT2D eigenvalue weighted by atomic mass is 10.2. The molecule has 0 saturated carbocycles. The average molecular weight is 231 g/mol. The zero-order valence-corrected chi connectivity index (χ0v) is 9.91. The first-order valence-electron chi connectivity index (χ1n) is 5.11. The molecule has 0 fully saturated rings. The van der Waals surface area contributed by atoms with Gasteiger partial charge in [0.2, 0.25) is 0 Å². The molecule has 0 radical (unpaired) electrons. The molecule has 0 aliphatic heterocycles. The summed E-state index contributed by atoms with van der Waals surface area (Å²) in [4.78, 5) is 5.10. The highest BCUT2D eigenvalue weighted by Gasteiger charge is 2.07. The van der Waals surface area contributed by atoms with Crippen LogP contribution < -0.4 is 0 Å². The third-order valence-electron chi connectivity index (χ3n) is 2.39. The minimum Gasteiger partial charge on any atom is -0.260 e. The molecule has 1 heterocycles. The topological polar surface area (TPSA) is 30.0 Å². The second-order valence-corrected chi connectivity index (χ2v) is 5.02. The second-order valence-electron chi connectivity index (χ2n) is 3.57. The van der Waals surface area contributed by atoms with Gasteiger partial charge in [-0.05, 0) is 30.7 Å². The molecule has 1 aromatic heterocycles. The minimum atomic E-state index is -1.01. The van der Waals surface area contributed by atoms with Crippen LogP contribution >= 0.6 is 0 Å². The molecule has 82 valence electrons. The zero-order valence-electron chi connectivity index (χ0n) is 9.09. The van der Waals surface area contributed by atoms with Crippen LogP contribution in [0.25, 0.3) is 0 Å². The van der Waals surface area contributed by atoms with Crippen LogP contribution in [0.4, 0.5) is 0 Å². The summed E-state index contributed by atoms with van der Waals surface area (Å²) in [6, 6.07) is 13.4. The number of hydrogen-bond acceptors (Lipinski definition) is 2. The molecule has 0 saturated heterocycles. The summed E-state index contributed by atoms with van der Waals surface area (Å²) in [6.45, 7) is 1.99. The van der Waals surface area contributed by atoms with Crippen molar-refractivity contribution in [2.24, 2.45) is 0 Å². The monoisotopic (exact) mass is 231 g/mol. The van der Waals surface area contributed by atoms with Gasteiger partial charge in [0.1, 0.15) is 0 Å². The highest BCUT2D eigenvalue weighted by Crippen LogP contribution is 2.12. The molecule has 3 heteroatoms. The maximum atomic E-state index is 12.0. The predicted molar refractivity (Wildman–Crippen MR) is 65.5 cm³/mol. The van der Waals surface area contributed by atoms with Gasteiger partial charge in [-0.2, -0.15) is 0 Å². The fourth-order valence-corrected chi connectivity index (χ4v) is 2.63. The van der Waals surface area contributed by atoms with E-state index in [0.717, 1.165) is 16.2 Å². The van der Waals surface area contributed by atoms with Gasteiger partial charge in [0.15, 0.2) is 0 Å². The molecule has 1 unspecified atom stereocenters. The maximum absolute atomic E-state index is 12.0. The van der Waals surface area contributed by atoms with Crippen molar-refractivity contribution in [3.63, 3.8) is 0 Å². The van der Waals surface area contributed by atoms with Crippen LogP contribution in [0.2, 0.25) is 0 Å². The molecule has 16 heavy (non-hydrogen) atoms. The van der Waals surface area contributed by atoms with Crippen LogP contribution in [0.15, 0.2) is 53.6 Å². The van der Waals surface area contributed by atoms with Crippen LogP contribution in [-0.4, -0.2) is 9.19 Å². The quantitative estimate of drug-likeness (QED) is 0.813. The number of aryl methyl sites for hydroxylation is 1. The molecule has 0 spiro atoms. The summed E-state index contributed by atoms with van der Waals surface area (Å²) in [5.41, 5.74) is 2.00. The summed E-state index contributed by atoms with van der Waals surface area (Å²) in [5, 5.41) is 0. The highest BCUT2D eigenvalue weighted by atomic mass is 32.2. The average Bonchev–Trinajstić information content (AvgIpc) is 2.33. The Morgan fingerprint density at radius 2 is 1.88 bits per heavy atom. The number of aromatic nitrogens is 1. The van der Waals surface area contributed by atoms with Crippen LogP contribution in [0.1, 0.15) is 11.3 Å². The van der Waals surface area contributed by atoms with Crippen LogP contribution in [0, 0.1) is 6.92 Å². The Labute approximate surface area is 97.8 Å². The Morgan fingerprint density at radius 3 is 2.56 bits per heavy atom.